The van der Waals surface area contributed by atoms with E-state index in [2.05, 4.69) is 22.1 Å². The maximum absolute atomic E-state index is 15.6. The molecule has 0 aliphatic carbocycles. The molecule has 49 heavy (non-hydrogen) atoms. The van der Waals surface area contributed by atoms with Gasteiger partial charge in [0, 0.05) is 49.9 Å². The van der Waals surface area contributed by atoms with Gasteiger partial charge in [0.2, 0.25) is 23.0 Å². The molecular formula is C33H40FN9O5S. The highest BCUT2D eigenvalue weighted by atomic mass is 32.2. The van der Waals surface area contributed by atoms with Crippen LogP contribution in [0.4, 0.5) is 10.1 Å². The number of likely N-dealkylation sites (N-methyl/N-ethyl adjacent to an activating group) is 1. The summed E-state index contributed by atoms with van der Waals surface area (Å²) in [6.45, 7) is 6.10. The van der Waals surface area contributed by atoms with E-state index in [1.165, 1.54) is 39.2 Å². The van der Waals surface area contributed by atoms with E-state index < -0.39 is 5.82 Å². The third-order valence-corrected chi connectivity index (χ3v) is 9.28. The number of benzene rings is 2. The summed E-state index contributed by atoms with van der Waals surface area (Å²) in [5.41, 5.74) is 1.76. The lowest BCUT2D eigenvalue weighted by atomic mass is 10.1. The van der Waals surface area contributed by atoms with Crippen LogP contribution >= 0.6 is 11.8 Å². The molecule has 0 saturated carbocycles. The molecule has 1 fully saturated rings. The molecule has 2 aromatic carbocycles. The van der Waals surface area contributed by atoms with Crippen molar-refractivity contribution < 1.29 is 23.0 Å². The van der Waals surface area contributed by atoms with Gasteiger partial charge in [-0.2, -0.15) is 0 Å². The van der Waals surface area contributed by atoms with Crippen LogP contribution in [0, 0.1) is 5.82 Å². The lowest BCUT2D eigenvalue weighted by Gasteiger charge is -2.34. The van der Waals surface area contributed by atoms with Gasteiger partial charge in [0.25, 0.3) is 0 Å². The number of nitrogens with zero attached hydrogens (tertiary/aromatic N) is 9. The zero-order valence-electron chi connectivity index (χ0n) is 28.7. The third-order valence-electron chi connectivity index (χ3n) is 8.33. The second-order valence-corrected chi connectivity index (χ2v) is 12.9. The summed E-state index contributed by atoms with van der Waals surface area (Å²) in [6.07, 6.45) is 1.77. The first-order valence-corrected chi connectivity index (χ1v) is 16.8. The fourth-order valence-corrected chi connectivity index (χ4v) is 6.55. The Bertz CT molecular complexity index is 1990. The molecule has 0 unspecified atom stereocenters. The predicted octanol–water partition coefficient (Wildman–Crippen LogP) is 4.06. The second kappa shape index (κ2) is 14.4. The minimum absolute atomic E-state index is 0.255. The zero-order chi connectivity index (χ0) is 34.8. The maximum atomic E-state index is 15.6. The lowest BCUT2D eigenvalue weighted by Crippen LogP contribution is -2.44. The summed E-state index contributed by atoms with van der Waals surface area (Å²) in [5, 5.41) is 14.0. The number of aromatic nitrogens is 6. The van der Waals surface area contributed by atoms with Crippen molar-refractivity contribution in [2.24, 2.45) is 0 Å². The fourth-order valence-electron chi connectivity index (χ4n) is 5.78. The van der Waals surface area contributed by atoms with Gasteiger partial charge in [-0.1, -0.05) is 11.8 Å². The Hall–Kier alpha value is -4.67. The number of aryl methyl sites for hydroxylation is 1. The number of piperazine rings is 1. The lowest BCUT2D eigenvalue weighted by molar-refractivity contribution is 0.292. The van der Waals surface area contributed by atoms with Gasteiger partial charge >= 0.3 is 0 Å². The standard InChI is InChI=1S/C33H40FN9O5S/c1-8-41-17-22(29(44)21-15-23(34)25(16-24(21)41)42-11-9-40(4)10-12-42)31-35-33(43(38-31)19-39(2)3)49-18-28-36-37-32(48-28)20-13-26(45-5)30(47-7)27(14-20)46-6/h13-17H,8-12,18-19H2,1-7H3. The predicted molar refractivity (Wildman–Crippen MR) is 185 cm³/mol. The maximum Gasteiger partial charge on any atom is 0.248 e. The Labute approximate surface area is 287 Å². The highest BCUT2D eigenvalue weighted by Gasteiger charge is 2.23. The number of hydrogen-bond acceptors (Lipinski definition) is 13. The number of anilines is 1. The molecule has 1 aliphatic heterocycles. The molecular weight excluding hydrogens is 653 g/mol. The number of fused-ring (bicyclic) bond motifs is 1. The number of methoxy groups -OCH3 is 3. The Morgan fingerprint density at radius 2 is 1.71 bits per heavy atom. The number of ether oxygens (including phenoxy) is 3. The monoisotopic (exact) mass is 693 g/mol. The fraction of sp³-hybridized carbons (Fsp3) is 0.424. The van der Waals surface area contributed by atoms with Crippen LogP contribution in [0.15, 0.2) is 44.8 Å². The van der Waals surface area contributed by atoms with Crippen LogP contribution in [0.5, 0.6) is 17.2 Å². The molecule has 0 atom stereocenters. The molecule has 0 N–H and O–H groups in total. The molecule has 1 aliphatic rings. The first-order chi connectivity index (χ1) is 23.6. The minimum Gasteiger partial charge on any atom is -0.493 e. The molecule has 0 spiro atoms. The van der Waals surface area contributed by atoms with E-state index in [4.69, 9.17) is 28.7 Å². The highest BCUT2D eigenvalue weighted by Crippen LogP contribution is 2.41. The van der Waals surface area contributed by atoms with Crippen LogP contribution < -0.4 is 24.5 Å². The number of pyridine rings is 1. The smallest absolute Gasteiger partial charge is 0.248 e. The van der Waals surface area contributed by atoms with Crippen LogP contribution in [0.25, 0.3) is 33.7 Å². The Morgan fingerprint density at radius 1 is 1.00 bits per heavy atom. The van der Waals surface area contributed by atoms with Crippen molar-refractivity contribution in [3.63, 3.8) is 0 Å². The number of rotatable bonds is 12. The second-order valence-electron chi connectivity index (χ2n) is 11.9. The molecule has 1 saturated heterocycles. The normalized spacial score (nSPS) is 13.9. The van der Waals surface area contributed by atoms with E-state index in [1.54, 1.807) is 29.1 Å². The van der Waals surface area contributed by atoms with Gasteiger partial charge in [0.15, 0.2) is 22.5 Å². The summed E-state index contributed by atoms with van der Waals surface area (Å²) in [5.74, 6) is 2.16. The molecule has 5 aromatic rings. The summed E-state index contributed by atoms with van der Waals surface area (Å²) in [6, 6.07) is 6.62. The van der Waals surface area contributed by atoms with Crippen molar-refractivity contribution >= 4 is 28.4 Å². The Balaban J connectivity index is 1.30. The number of halogens is 1. The van der Waals surface area contributed by atoms with Gasteiger partial charge < -0.3 is 33.0 Å². The molecule has 0 bridgehead atoms. The molecule has 3 aromatic heterocycles. The van der Waals surface area contributed by atoms with Gasteiger partial charge in [0.05, 0.1) is 50.5 Å². The van der Waals surface area contributed by atoms with Gasteiger partial charge in [-0.3, -0.25) is 9.69 Å². The van der Waals surface area contributed by atoms with Crippen molar-refractivity contribution in [3.8, 4) is 40.1 Å². The molecule has 0 radical (unpaired) electrons. The minimum atomic E-state index is -0.415. The first kappa shape index (κ1) is 34.2. The van der Waals surface area contributed by atoms with E-state index in [0.717, 1.165) is 26.2 Å². The summed E-state index contributed by atoms with van der Waals surface area (Å²) in [4.78, 5) is 24.9. The van der Waals surface area contributed by atoms with Gasteiger partial charge in [-0.25, -0.2) is 14.1 Å². The largest absolute Gasteiger partial charge is 0.493 e. The summed E-state index contributed by atoms with van der Waals surface area (Å²) < 4.78 is 41.5. The van der Waals surface area contributed by atoms with Crippen molar-refractivity contribution in [1.82, 2.24) is 39.3 Å². The van der Waals surface area contributed by atoms with E-state index in [-0.39, 0.29) is 22.5 Å². The number of hydrogen-bond donors (Lipinski definition) is 0. The van der Waals surface area contributed by atoms with E-state index >= 15 is 4.39 Å². The quantitative estimate of drug-likeness (QED) is 0.174. The van der Waals surface area contributed by atoms with Crippen LogP contribution in [0.1, 0.15) is 12.8 Å². The molecule has 16 heteroatoms. The molecule has 14 nitrogen and oxygen atoms in total. The molecule has 0 amide bonds. The molecule has 6 rings (SSSR count). The van der Waals surface area contributed by atoms with Crippen molar-refractivity contribution in [2.75, 3.05) is 73.6 Å². The van der Waals surface area contributed by atoms with E-state index in [9.17, 15) is 4.79 Å². The van der Waals surface area contributed by atoms with Gasteiger partial charge in [0.1, 0.15) is 5.82 Å². The zero-order valence-corrected chi connectivity index (χ0v) is 29.5. The third kappa shape index (κ3) is 6.93. The van der Waals surface area contributed by atoms with Gasteiger partial charge in [-0.05, 0) is 52.3 Å². The highest BCUT2D eigenvalue weighted by molar-refractivity contribution is 7.98. The number of thioether (sulfide) groups is 1. The average molecular weight is 694 g/mol. The van der Waals surface area contributed by atoms with Crippen molar-refractivity contribution in [1.29, 1.82) is 0 Å². The van der Waals surface area contributed by atoms with E-state index in [0.29, 0.717) is 69.6 Å². The van der Waals surface area contributed by atoms with Crippen LogP contribution in [0.2, 0.25) is 0 Å². The van der Waals surface area contributed by atoms with Crippen LogP contribution in [-0.2, 0) is 19.0 Å². The van der Waals surface area contributed by atoms with Crippen LogP contribution in [-0.4, -0.2) is 108 Å². The Morgan fingerprint density at radius 3 is 2.35 bits per heavy atom. The first-order valence-electron chi connectivity index (χ1n) is 15.8. The van der Waals surface area contributed by atoms with Crippen molar-refractivity contribution in [2.45, 2.75) is 31.0 Å². The Kier molecular flexibility index (Phi) is 10.1. The molecule has 260 valence electrons. The topological polar surface area (TPSA) is 129 Å². The summed E-state index contributed by atoms with van der Waals surface area (Å²) in [7, 11) is 10.5. The van der Waals surface area contributed by atoms with E-state index in [1.807, 2.05) is 35.4 Å². The summed E-state index contributed by atoms with van der Waals surface area (Å²) >= 11 is 1.35. The SMILES string of the molecule is CCn1cc(-c2nc(SCc3nnc(-c4cc(OC)c(OC)c(OC)c4)o3)n(CN(C)C)n2)c(=O)c2cc(F)c(N3CCN(C)CC3)cc21. The van der Waals surface area contributed by atoms with Gasteiger partial charge in [-0.15, -0.1) is 15.3 Å². The van der Waals surface area contributed by atoms with Crippen molar-refractivity contribution in [3.05, 3.63) is 52.4 Å². The molecule has 4 heterocycles. The van der Waals surface area contributed by atoms with Crippen LogP contribution in [0.3, 0.4) is 0 Å². The average Bonchev–Trinajstić information content (AvgIpc) is 3.74.